The molecule has 62 heavy (non-hydrogen) atoms. The van der Waals surface area contributed by atoms with Gasteiger partial charge in [0.25, 0.3) is 5.91 Å². The van der Waals surface area contributed by atoms with Crippen molar-refractivity contribution in [3.05, 3.63) is 35.8 Å². The molecular formula is C39H47F7N6O9S. The predicted molar refractivity (Wildman–Crippen MR) is 204 cm³/mol. The van der Waals surface area contributed by atoms with Crippen LogP contribution in [0.5, 0.6) is 11.6 Å². The zero-order valence-electron chi connectivity index (χ0n) is 34.3. The van der Waals surface area contributed by atoms with Gasteiger partial charge in [0.1, 0.15) is 29.3 Å². The van der Waals surface area contributed by atoms with Crippen molar-refractivity contribution < 1.29 is 72.9 Å². The van der Waals surface area contributed by atoms with E-state index in [1.807, 2.05) is 4.72 Å². The summed E-state index contributed by atoms with van der Waals surface area (Å²) in [6.45, 7) is 3.66. The minimum absolute atomic E-state index is 0.00492. The average Bonchev–Trinajstić information content (AvgIpc) is 4.09. The normalized spacial score (nSPS) is 27.6. The molecule has 0 radical (unpaired) electrons. The van der Waals surface area contributed by atoms with E-state index in [9.17, 15) is 58.6 Å². The molecule has 23 heteroatoms. The Labute approximate surface area is 351 Å². The third-order valence-electron chi connectivity index (χ3n) is 12.2. The molecule has 0 spiro atoms. The van der Waals surface area contributed by atoms with E-state index in [-0.39, 0.29) is 35.6 Å². The number of hydrogen-bond acceptors (Lipinski definition) is 10. The molecule has 2 aromatic rings. The number of carbonyl (C=O) groups excluding carboxylic acids is 3. The highest BCUT2D eigenvalue weighted by Crippen LogP contribution is 2.47. The van der Waals surface area contributed by atoms with Crippen LogP contribution in [0.3, 0.4) is 0 Å². The summed E-state index contributed by atoms with van der Waals surface area (Å²) >= 11 is 0. The number of benzene rings is 1. The Morgan fingerprint density at radius 1 is 1.06 bits per heavy atom. The molecule has 2 saturated carbocycles. The summed E-state index contributed by atoms with van der Waals surface area (Å²) in [7, 11) is -3.06. The summed E-state index contributed by atoms with van der Waals surface area (Å²) in [5.74, 6) is -8.33. The third-order valence-corrected chi connectivity index (χ3v) is 14.0. The van der Waals surface area contributed by atoms with Gasteiger partial charge in [0.15, 0.2) is 11.6 Å². The van der Waals surface area contributed by atoms with Crippen LogP contribution in [-0.2, 0) is 30.6 Å². The van der Waals surface area contributed by atoms with E-state index in [1.54, 1.807) is 26.0 Å². The van der Waals surface area contributed by atoms with Crippen molar-refractivity contribution in [3.63, 3.8) is 0 Å². The molecule has 2 aliphatic heterocycles. The largest absolute Gasteiger partial charge is 0.494 e. The number of allylic oxidation sites excluding steroid dienone is 1. The van der Waals surface area contributed by atoms with Crippen molar-refractivity contribution in [2.45, 2.75) is 126 Å². The fraction of sp³-hybridized carbons (Fsp3) is 0.641. The lowest BCUT2D eigenvalue weighted by molar-refractivity contribution is -0.222. The fourth-order valence-corrected chi connectivity index (χ4v) is 9.66. The van der Waals surface area contributed by atoms with Crippen LogP contribution >= 0.6 is 0 Å². The van der Waals surface area contributed by atoms with Crippen LogP contribution in [0.15, 0.2) is 24.3 Å². The number of ether oxygens (including phenoxy) is 2. The second kappa shape index (κ2) is 16.6. The molecule has 15 nitrogen and oxygen atoms in total. The number of aromatic nitrogens is 2. The standard InChI is InChI=1S/C39H47F7N6O9S/c1-6-20-13-19(2)9-7-8-10-21-17-37(21,34(55)50-62(58,59)23-11-12-23)49-31(53)27-14-22(18-51(27)33(54)29(20)52(35(56)57)36(3,4)39(44,45)46)61-32-30(38(41,42)43)47-25-15-24(40)28(60-5)16-26(25)48-32/h8,10,15-16,19-23,27,29H,6-7,9,11-14,17-18H2,1-5H3,(H,49,53)(H,50,55)(H,56,57)/t19-,20-,21-,22-,27+,29+,37-/m1/s1. The molecule has 0 unspecified atom stereocenters. The quantitative estimate of drug-likeness (QED) is 0.206. The van der Waals surface area contributed by atoms with Crippen LogP contribution in [0.2, 0.25) is 0 Å². The number of alkyl halides is 6. The summed E-state index contributed by atoms with van der Waals surface area (Å²) < 4.78 is 141. The SMILES string of the molecule is CC[C@@H]1C[C@H](C)CCC=C[C@@H]2C[C@@]2(C(=O)NS(=O)(=O)C2CC2)NC(=O)[C@@H]2C[C@@H](Oc3nc4cc(OC)c(F)cc4nc3C(F)(F)F)CN2C(=O)[C@H]1N(C(=O)O)C(C)(C)C(F)(F)F. The third kappa shape index (κ3) is 9.08. The Balaban J connectivity index is 1.47. The van der Waals surface area contributed by atoms with E-state index in [4.69, 9.17) is 9.47 Å². The van der Waals surface area contributed by atoms with Gasteiger partial charge < -0.3 is 24.8 Å². The lowest BCUT2D eigenvalue weighted by Crippen LogP contribution is -2.66. The topological polar surface area (TPSA) is 197 Å². The second-order valence-corrected chi connectivity index (χ2v) is 18.9. The highest BCUT2D eigenvalue weighted by Gasteiger charge is 2.63. The minimum atomic E-state index is -5.26. The first-order chi connectivity index (χ1) is 28.7. The molecule has 4 aliphatic rings. The van der Waals surface area contributed by atoms with Crippen molar-refractivity contribution in [1.82, 2.24) is 29.8 Å². The molecule has 0 bridgehead atoms. The smallest absolute Gasteiger partial charge is 0.438 e. The van der Waals surface area contributed by atoms with Gasteiger partial charge >= 0.3 is 18.4 Å². The number of nitrogens with zero attached hydrogens (tertiary/aromatic N) is 4. The zero-order chi connectivity index (χ0) is 45.9. The van der Waals surface area contributed by atoms with E-state index in [1.165, 1.54) is 0 Å². The highest BCUT2D eigenvalue weighted by molar-refractivity contribution is 7.91. The number of fused-ring (bicyclic) bond motifs is 3. The molecule has 2 aliphatic carbocycles. The summed E-state index contributed by atoms with van der Waals surface area (Å²) in [6, 6.07) is -2.34. The van der Waals surface area contributed by atoms with Gasteiger partial charge in [-0.1, -0.05) is 32.4 Å². The number of sulfonamides is 1. The lowest BCUT2D eigenvalue weighted by atomic mass is 9.82. The number of methoxy groups -OCH3 is 1. The Morgan fingerprint density at radius 2 is 1.73 bits per heavy atom. The van der Waals surface area contributed by atoms with Crippen molar-refractivity contribution in [1.29, 1.82) is 0 Å². The Kier molecular flexibility index (Phi) is 12.5. The summed E-state index contributed by atoms with van der Waals surface area (Å²) in [5.41, 5.74) is -7.68. The molecule has 1 aromatic heterocycles. The summed E-state index contributed by atoms with van der Waals surface area (Å²) in [5, 5.41) is 12.2. The molecule has 6 rings (SSSR count). The number of hydrogen-bond donors (Lipinski definition) is 3. The van der Waals surface area contributed by atoms with Crippen LogP contribution in [0.1, 0.15) is 84.8 Å². The molecule has 3 heterocycles. The van der Waals surface area contributed by atoms with Gasteiger partial charge in [0, 0.05) is 24.5 Å². The first kappa shape index (κ1) is 46.5. The van der Waals surface area contributed by atoms with Gasteiger partial charge in [-0.3, -0.25) is 24.0 Å². The Morgan fingerprint density at radius 3 is 2.31 bits per heavy atom. The summed E-state index contributed by atoms with van der Waals surface area (Å²) in [4.78, 5) is 64.5. The van der Waals surface area contributed by atoms with Crippen molar-refractivity contribution >= 4 is 44.9 Å². The van der Waals surface area contributed by atoms with E-state index in [0.717, 1.165) is 18.1 Å². The van der Waals surface area contributed by atoms with Gasteiger partial charge in [0.05, 0.1) is 29.9 Å². The second-order valence-electron chi connectivity index (χ2n) is 16.9. The highest BCUT2D eigenvalue weighted by atomic mass is 32.2. The maximum Gasteiger partial charge on any atom is 0.438 e. The maximum atomic E-state index is 15.1. The van der Waals surface area contributed by atoms with E-state index in [2.05, 4.69) is 15.3 Å². The number of carbonyl (C=O) groups is 4. The zero-order valence-corrected chi connectivity index (χ0v) is 35.1. The van der Waals surface area contributed by atoms with Crippen molar-refractivity contribution in [3.8, 4) is 11.6 Å². The van der Waals surface area contributed by atoms with Crippen LogP contribution in [-0.4, -0.2) is 111 Å². The Bertz CT molecular complexity index is 2250. The first-order valence-corrected chi connectivity index (χ1v) is 21.5. The summed E-state index contributed by atoms with van der Waals surface area (Å²) in [6.07, 6.45) is -10.3. The van der Waals surface area contributed by atoms with Gasteiger partial charge in [-0.15, -0.1) is 0 Å². The molecule has 7 atom stereocenters. The van der Waals surface area contributed by atoms with Crippen LogP contribution in [0.25, 0.3) is 11.0 Å². The number of carboxylic acid groups (broad SMARTS) is 1. The van der Waals surface area contributed by atoms with Gasteiger partial charge in [-0.25, -0.2) is 27.6 Å². The van der Waals surface area contributed by atoms with Gasteiger partial charge in [-0.2, -0.15) is 26.3 Å². The molecule has 3 fully saturated rings. The van der Waals surface area contributed by atoms with Gasteiger partial charge in [-0.05, 0) is 64.2 Å². The van der Waals surface area contributed by atoms with Crippen molar-refractivity contribution in [2.75, 3.05) is 13.7 Å². The molecule has 3 N–H and O–H groups in total. The predicted octanol–water partition coefficient (Wildman–Crippen LogP) is 5.72. The molecule has 4 amide bonds. The Hall–Kier alpha value is -4.96. The van der Waals surface area contributed by atoms with Crippen LogP contribution in [0.4, 0.5) is 35.5 Å². The first-order valence-electron chi connectivity index (χ1n) is 20.0. The number of halogens is 7. The number of rotatable bonds is 9. The van der Waals surface area contributed by atoms with Crippen LogP contribution in [0, 0.1) is 23.6 Å². The monoisotopic (exact) mass is 908 g/mol. The maximum absolute atomic E-state index is 15.1. The number of amides is 4. The molecule has 1 saturated heterocycles. The lowest BCUT2D eigenvalue weighted by Gasteiger charge is -2.46. The molecule has 1 aromatic carbocycles. The van der Waals surface area contributed by atoms with E-state index < -0.39 is 134 Å². The molecule has 342 valence electrons. The van der Waals surface area contributed by atoms with Gasteiger partial charge in [0.2, 0.25) is 33.4 Å². The molecular weight excluding hydrogens is 862 g/mol. The minimum Gasteiger partial charge on any atom is -0.494 e. The van der Waals surface area contributed by atoms with E-state index >= 15 is 4.79 Å². The number of nitrogens with one attached hydrogen (secondary N) is 2. The van der Waals surface area contributed by atoms with Crippen molar-refractivity contribution in [2.24, 2.45) is 17.8 Å². The average molecular weight is 909 g/mol. The fourth-order valence-electron chi connectivity index (χ4n) is 8.29. The van der Waals surface area contributed by atoms with E-state index in [0.29, 0.717) is 45.6 Å². The van der Waals surface area contributed by atoms with Crippen LogP contribution < -0.4 is 19.5 Å².